The van der Waals surface area contributed by atoms with E-state index in [9.17, 15) is 9.59 Å². The molecule has 3 aromatic rings. The average molecular weight is 461 g/mol. The molecule has 2 aromatic heterocycles. The molecule has 4 rings (SSSR count). The smallest absolute Gasteiger partial charge is 0.293 e. The minimum Gasteiger partial charge on any atom is -0.495 e. The molecule has 0 radical (unpaired) electrons. The number of aromatic nitrogens is 1. The number of amides is 2. The molecule has 162 valence electrons. The third-order valence-corrected chi connectivity index (χ3v) is 5.94. The van der Waals surface area contributed by atoms with E-state index in [0.717, 1.165) is 24.4 Å². The number of hydrogen-bond acceptors (Lipinski definition) is 7. The Labute approximate surface area is 188 Å². The Hall–Kier alpha value is -3.04. The van der Waals surface area contributed by atoms with Gasteiger partial charge in [-0.05, 0) is 36.8 Å². The van der Waals surface area contributed by atoms with Gasteiger partial charge in [0.25, 0.3) is 5.91 Å². The molecule has 1 saturated heterocycles. The maximum Gasteiger partial charge on any atom is 0.293 e. The van der Waals surface area contributed by atoms with Gasteiger partial charge in [0.05, 0.1) is 31.2 Å². The minimum atomic E-state index is -0.377. The van der Waals surface area contributed by atoms with Gasteiger partial charge in [0, 0.05) is 29.5 Å². The first kappa shape index (κ1) is 21.2. The SMILES string of the molecule is COc1ccc(Cl)cc1N1CCC(NC(=O)Cc2csc(NC(=O)c3ccco3)n2)C1. The van der Waals surface area contributed by atoms with Crippen LogP contribution in [-0.4, -0.2) is 43.0 Å². The van der Waals surface area contributed by atoms with Gasteiger partial charge in [-0.2, -0.15) is 0 Å². The first-order valence-corrected chi connectivity index (χ1v) is 10.9. The topological polar surface area (TPSA) is 96.7 Å². The van der Waals surface area contributed by atoms with Crippen LogP contribution in [-0.2, 0) is 11.2 Å². The predicted molar refractivity (Wildman–Crippen MR) is 119 cm³/mol. The maximum absolute atomic E-state index is 12.5. The largest absolute Gasteiger partial charge is 0.495 e. The number of ether oxygens (including phenoxy) is 1. The minimum absolute atomic E-state index is 0.0212. The zero-order valence-electron chi connectivity index (χ0n) is 16.8. The van der Waals surface area contributed by atoms with Gasteiger partial charge >= 0.3 is 0 Å². The highest BCUT2D eigenvalue weighted by Crippen LogP contribution is 2.33. The Morgan fingerprint density at radius 1 is 1.39 bits per heavy atom. The van der Waals surface area contributed by atoms with Crippen molar-refractivity contribution < 1.29 is 18.7 Å². The fourth-order valence-corrected chi connectivity index (χ4v) is 4.33. The van der Waals surface area contributed by atoms with E-state index in [1.54, 1.807) is 30.7 Å². The molecule has 2 amide bonds. The highest BCUT2D eigenvalue weighted by atomic mass is 35.5. The molecule has 0 aliphatic carbocycles. The second kappa shape index (κ2) is 9.40. The summed E-state index contributed by atoms with van der Waals surface area (Å²) < 4.78 is 10.5. The fraction of sp³-hybridized carbons (Fsp3) is 0.286. The lowest BCUT2D eigenvalue weighted by Gasteiger charge is -2.21. The van der Waals surface area contributed by atoms with Crippen LogP contribution in [0.1, 0.15) is 22.7 Å². The monoisotopic (exact) mass is 460 g/mol. The van der Waals surface area contributed by atoms with Gasteiger partial charge in [0.1, 0.15) is 5.75 Å². The van der Waals surface area contributed by atoms with Crippen molar-refractivity contribution in [3.63, 3.8) is 0 Å². The molecule has 0 bridgehead atoms. The van der Waals surface area contributed by atoms with Crippen molar-refractivity contribution in [2.75, 3.05) is 30.4 Å². The number of nitrogens with zero attached hydrogens (tertiary/aromatic N) is 2. The number of carbonyl (C=O) groups is 2. The number of methoxy groups -OCH3 is 1. The summed E-state index contributed by atoms with van der Waals surface area (Å²) in [5.41, 5.74) is 1.52. The van der Waals surface area contributed by atoms with Crippen LogP contribution in [0.15, 0.2) is 46.4 Å². The van der Waals surface area contributed by atoms with Gasteiger partial charge in [-0.3, -0.25) is 14.9 Å². The number of carbonyl (C=O) groups excluding carboxylic acids is 2. The molecule has 0 spiro atoms. The Balaban J connectivity index is 1.29. The molecule has 1 atom stereocenters. The van der Waals surface area contributed by atoms with Gasteiger partial charge < -0.3 is 19.4 Å². The van der Waals surface area contributed by atoms with E-state index in [2.05, 4.69) is 20.5 Å². The number of halogens is 1. The number of hydrogen-bond donors (Lipinski definition) is 2. The quantitative estimate of drug-likeness (QED) is 0.559. The Morgan fingerprint density at radius 3 is 3.03 bits per heavy atom. The molecule has 31 heavy (non-hydrogen) atoms. The molecule has 0 saturated carbocycles. The van der Waals surface area contributed by atoms with E-state index in [-0.39, 0.29) is 30.0 Å². The van der Waals surface area contributed by atoms with E-state index >= 15 is 0 Å². The number of nitrogens with one attached hydrogen (secondary N) is 2. The van der Waals surface area contributed by atoms with Gasteiger partial charge in [-0.1, -0.05) is 11.6 Å². The highest BCUT2D eigenvalue weighted by molar-refractivity contribution is 7.14. The Morgan fingerprint density at radius 2 is 2.26 bits per heavy atom. The van der Waals surface area contributed by atoms with Gasteiger partial charge in [0.2, 0.25) is 5.91 Å². The van der Waals surface area contributed by atoms with Gasteiger partial charge in [0.15, 0.2) is 10.9 Å². The average Bonchev–Trinajstić information content (AvgIpc) is 3.50. The second-order valence-corrected chi connectivity index (χ2v) is 8.36. The molecule has 10 heteroatoms. The maximum atomic E-state index is 12.5. The van der Waals surface area contributed by atoms with E-state index in [1.807, 2.05) is 12.1 Å². The lowest BCUT2D eigenvalue weighted by Crippen LogP contribution is -2.38. The lowest BCUT2D eigenvalue weighted by atomic mass is 10.2. The van der Waals surface area contributed by atoms with E-state index in [1.165, 1.54) is 17.6 Å². The molecule has 1 fully saturated rings. The molecule has 3 heterocycles. The van der Waals surface area contributed by atoms with Gasteiger partial charge in [-0.25, -0.2) is 4.98 Å². The zero-order chi connectivity index (χ0) is 21.8. The first-order chi connectivity index (χ1) is 15.0. The zero-order valence-corrected chi connectivity index (χ0v) is 18.3. The summed E-state index contributed by atoms with van der Waals surface area (Å²) in [6.07, 6.45) is 2.40. The molecular weight excluding hydrogens is 440 g/mol. The molecular formula is C21H21ClN4O4S. The molecule has 1 aromatic carbocycles. The molecule has 1 aliphatic heterocycles. The van der Waals surface area contributed by atoms with Crippen molar-refractivity contribution >= 4 is 45.6 Å². The van der Waals surface area contributed by atoms with E-state index in [4.69, 9.17) is 20.8 Å². The molecule has 1 unspecified atom stereocenters. The van der Waals surface area contributed by atoms with Gasteiger partial charge in [-0.15, -0.1) is 11.3 Å². The second-order valence-electron chi connectivity index (χ2n) is 7.07. The summed E-state index contributed by atoms with van der Waals surface area (Å²) in [6, 6.07) is 8.73. The lowest BCUT2D eigenvalue weighted by molar-refractivity contribution is -0.121. The van der Waals surface area contributed by atoms with Crippen molar-refractivity contribution in [2.24, 2.45) is 0 Å². The molecule has 2 N–H and O–H groups in total. The van der Waals surface area contributed by atoms with E-state index in [0.29, 0.717) is 22.4 Å². The van der Waals surface area contributed by atoms with Crippen LogP contribution < -0.4 is 20.3 Å². The fourth-order valence-electron chi connectivity index (χ4n) is 3.46. The standard InChI is InChI=1S/C21H21ClN4O4S/c1-29-17-5-4-13(22)9-16(17)26-7-6-14(11-26)23-19(27)10-15-12-31-21(24-15)25-20(28)18-3-2-8-30-18/h2-5,8-9,12,14H,6-7,10-11H2,1H3,(H,23,27)(H,24,25,28). The van der Waals surface area contributed by atoms with Crippen LogP contribution in [0.4, 0.5) is 10.8 Å². The molecule has 1 aliphatic rings. The number of thiazole rings is 1. The van der Waals surface area contributed by atoms with Crippen LogP contribution in [0, 0.1) is 0 Å². The van der Waals surface area contributed by atoms with Crippen molar-refractivity contribution in [3.8, 4) is 5.75 Å². The third-order valence-electron chi connectivity index (χ3n) is 4.89. The first-order valence-electron chi connectivity index (χ1n) is 9.69. The van der Waals surface area contributed by atoms with Crippen LogP contribution in [0.2, 0.25) is 5.02 Å². The number of furan rings is 1. The summed E-state index contributed by atoms with van der Waals surface area (Å²) in [7, 11) is 1.63. The normalized spacial score (nSPS) is 15.7. The Bertz CT molecular complexity index is 1070. The van der Waals surface area contributed by atoms with Crippen molar-refractivity contribution in [3.05, 3.63) is 58.5 Å². The summed E-state index contributed by atoms with van der Waals surface area (Å²) in [5, 5.41) is 8.54. The summed E-state index contributed by atoms with van der Waals surface area (Å²) in [4.78, 5) is 31.0. The van der Waals surface area contributed by atoms with Crippen molar-refractivity contribution in [2.45, 2.75) is 18.9 Å². The van der Waals surface area contributed by atoms with Crippen molar-refractivity contribution in [1.29, 1.82) is 0 Å². The highest BCUT2D eigenvalue weighted by Gasteiger charge is 2.26. The Kier molecular flexibility index (Phi) is 6.43. The van der Waals surface area contributed by atoms with Crippen LogP contribution >= 0.6 is 22.9 Å². The molecule has 8 nitrogen and oxygen atoms in total. The van der Waals surface area contributed by atoms with Crippen LogP contribution in [0.5, 0.6) is 5.75 Å². The van der Waals surface area contributed by atoms with Crippen LogP contribution in [0.3, 0.4) is 0 Å². The predicted octanol–water partition coefficient (Wildman–Crippen LogP) is 3.59. The summed E-state index contributed by atoms with van der Waals surface area (Å²) in [6.45, 7) is 1.46. The number of rotatable bonds is 7. The van der Waals surface area contributed by atoms with E-state index < -0.39 is 0 Å². The van der Waals surface area contributed by atoms with Crippen LogP contribution in [0.25, 0.3) is 0 Å². The van der Waals surface area contributed by atoms with Crippen molar-refractivity contribution in [1.82, 2.24) is 10.3 Å². The summed E-state index contributed by atoms with van der Waals surface area (Å²) >= 11 is 7.40. The summed E-state index contributed by atoms with van der Waals surface area (Å²) in [5.74, 6) is 0.469. The number of benzene rings is 1. The number of anilines is 2. The third kappa shape index (κ3) is 5.18.